The summed E-state index contributed by atoms with van der Waals surface area (Å²) in [7, 11) is 0. The largest absolute Gasteiger partial charge is 0.397 e. The van der Waals surface area contributed by atoms with Crippen LogP contribution < -0.4 is 11.1 Å². The Kier molecular flexibility index (Phi) is 3.43. The lowest BCUT2D eigenvalue weighted by atomic mass is 10.1. The molecule has 18 heavy (non-hydrogen) atoms. The van der Waals surface area contributed by atoms with E-state index in [1.807, 2.05) is 25.1 Å². The first-order valence-corrected chi connectivity index (χ1v) is 5.94. The molecule has 0 saturated heterocycles. The molecule has 0 aromatic heterocycles. The van der Waals surface area contributed by atoms with Crippen molar-refractivity contribution in [3.63, 3.8) is 0 Å². The monoisotopic (exact) mass is 264 g/mol. The summed E-state index contributed by atoms with van der Waals surface area (Å²) in [4.78, 5) is 0. The van der Waals surface area contributed by atoms with Crippen molar-refractivity contribution >= 4 is 28.7 Å². The van der Waals surface area contributed by atoms with E-state index in [0.717, 1.165) is 11.3 Å². The number of halogens is 2. The Morgan fingerprint density at radius 3 is 2.50 bits per heavy atom. The minimum atomic E-state index is -0.306. The van der Waals surface area contributed by atoms with Gasteiger partial charge in [0, 0.05) is 10.7 Å². The van der Waals surface area contributed by atoms with Gasteiger partial charge in [0.05, 0.1) is 11.4 Å². The van der Waals surface area contributed by atoms with Gasteiger partial charge in [0.1, 0.15) is 5.82 Å². The molecule has 0 aliphatic rings. The van der Waals surface area contributed by atoms with Crippen molar-refractivity contribution in [1.29, 1.82) is 0 Å². The van der Waals surface area contributed by atoms with Crippen molar-refractivity contribution in [2.45, 2.75) is 13.8 Å². The Hall–Kier alpha value is -1.74. The first kappa shape index (κ1) is 12.7. The highest BCUT2D eigenvalue weighted by atomic mass is 35.5. The molecular weight excluding hydrogens is 251 g/mol. The van der Waals surface area contributed by atoms with E-state index in [4.69, 9.17) is 17.3 Å². The maximum absolute atomic E-state index is 13.3. The number of rotatable bonds is 2. The van der Waals surface area contributed by atoms with E-state index < -0.39 is 0 Å². The van der Waals surface area contributed by atoms with Gasteiger partial charge in [0.25, 0.3) is 0 Å². The predicted molar refractivity (Wildman–Crippen MR) is 75.0 cm³/mol. The molecule has 0 heterocycles. The second kappa shape index (κ2) is 4.86. The molecule has 2 aromatic rings. The number of benzene rings is 2. The van der Waals surface area contributed by atoms with Crippen molar-refractivity contribution in [3.8, 4) is 0 Å². The molecule has 3 N–H and O–H groups in total. The molecule has 0 unspecified atom stereocenters. The predicted octanol–water partition coefficient (Wildman–Crippen LogP) is 4.42. The lowest BCUT2D eigenvalue weighted by molar-refractivity contribution is 0.619. The fourth-order valence-corrected chi connectivity index (χ4v) is 1.81. The number of nitrogen functional groups attached to an aromatic ring is 1. The summed E-state index contributed by atoms with van der Waals surface area (Å²) in [6, 6.07) is 8.62. The summed E-state index contributed by atoms with van der Waals surface area (Å²) in [5.74, 6) is -0.306. The molecule has 0 amide bonds. The Morgan fingerprint density at radius 1 is 1.11 bits per heavy atom. The summed E-state index contributed by atoms with van der Waals surface area (Å²) in [5.41, 5.74) is 9.19. The van der Waals surface area contributed by atoms with Crippen LogP contribution in [0.3, 0.4) is 0 Å². The molecule has 0 aliphatic heterocycles. The molecule has 0 spiro atoms. The molecule has 4 heteroatoms. The second-order valence-electron chi connectivity index (χ2n) is 4.28. The molecule has 2 rings (SSSR count). The van der Waals surface area contributed by atoms with E-state index in [9.17, 15) is 4.39 Å². The molecule has 0 bridgehead atoms. The van der Waals surface area contributed by atoms with Gasteiger partial charge in [-0.1, -0.05) is 17.7 Å². The van der Waals surface area contributed by atoms with Crippen molar-refractivity contribution in [2.24, 2.45) is 0 Å². The molecule has 2 aromatic carbocycles. The maximum Gasteiger partial charge on any atom is 0.128 e. The van der Waals surface area contributed by atoms with E-state index in [-0.39, 0.29) is 5.82 Å². The Morgan fingerprint density at radius 2 is 1.83 bits per heavy atom. The number of nitrogens with one attached hydrogen (secondary N) is 1. The quantitative estimate of drug-likeness (QED) is 0.788. The molecule has 0 saturated carbocycles. The van der Waals surface area contributed by atoms with Crippen molar-refractivity contribution in [2.75, 3.05) is 11.1 Å². The highest BCUT2D eigenvalue weighted by molar-refractivity contribution is 6.31. The zero-order valence-electron chi connectivity index (χ0n) is 10.2. The third-order valence-electron chi connectivity index (χ3n) is 2.78. The summed E-state index contributed by atoms with van der Waals surface area (Å²) in [5, 5.41) is 3.81. The Bertz CT molecular complexity index is 597. The van der Waals surface area contributed by atoms with E-state index in [2.05, 4.69) is 5.32 Å². The lowest BCUT2D eigenvalue weighted by Crippen LogP contribution is -1.98. The zero-order chi connectivity index (χ0) is 13.3. The van der Waals surface area contributed by atoms with Crippen molar-refractivity contribution < 1.29 is 4.39 Å². The summed E-state index contributed by atoms with van der Waals surface area (Å²) in [6.07, 6.45) is 0. The first-order chi connectivity index (χ1) is 8.47. The standard InChI is InChI=1S/C14H14ClFN2/c1-8-3-4-10(6-11(8)15)18-14-5-9(2)12(16)7-13(14)17/h3-7,18H,17H2,1-2H3. The third kappa shape index (κ3) is 2.57. The van der Waals surface area contributed by atoms with Crippen LogP contribution in [0, 0.1) is 19.7 Å². The summed E-state index contributed by atoms with van der Waals surface area (Å²) < 4.78 is 13.3. The van der Waals surface area contributed by atoms with Gasteiger partial charge in [-0.15, -0.1) is 0 Å². The SMILES string of the molecule is Cc1cc(Nc2ccc(C)c(Cl)c2)c(N)cc1F. The van der Waals surface area contributed by atoms with Crippen LogP contribution in [0.1, 0.15) is 11.1 Å². The number of hydrogen-bond donors (Lipinski definition) is 2. The number of nitrogens with two attached hydrogens (primary N) is 1. The molecule has 0 aliphatic carbocycles. The second-order valence-corrected chi connectivity index (χ2v) is 4.68. The molecule has 0 radical (unpaired) electrons. The zero-order valence-corrected chi connectivity index (χ0v) is 11.0. The molecule has 2 nitrogen and oxygen atoms in total. The fraction of sp³-hybridized carbons (Fsp3) is 0.143. The molecule has 0 atom stereocenters. The number of hydrogen-bond acceptors (Lipinski definition) is 2. The van der Waals surface area contributed by atoms with E-state index in [1.54, 1.807) is 13.0 Å². The highest BCUT2D eigenvalue weighted by Gasteiger charge is 2.06. The van der Waals surface area contributed by atoms with Gasteiger partial charge < -0.3 is 11.1 Å². The topological polar surface area (TPSA) is 38.0 Å². The molecule has 94 valence electrons. The fourth-order valence-electron chi connectivity index (χ4n) is 1.63. The van der Waals surface area contributed by atoms with Crippen LogP contribution >= 0.6 is 11.6 Å². The normalized spacial score (nSPS) is 10.4. The van der Waals surface area contributed by atoms with E-state index >= 15 is 0 Å². The highest BCUT2D eigenvalue weighted by Crippen LogP contribution is 2.28. The van der Waals surface area contributed by atoms with Gasteiger partial charge in [0.2, 0.25) is 0 Å². The van der Waals surface area contributed by atoms with E-state index in [1.165, 1.54) is 6.07 Å². The third-order valence-corrected chi connectivity index (χ3v) is 3.19. The summed E-state index contributed by atoms with van der Waals surface area (Å²) in [6.45, 7) is 3.63. The Balaban J connectivity index is 2.34. The molecule has 0 fully saturated rings. The minimum Gasteiger partial charge on any atom is -0.397 e. The average molecular weight is 265 g/mol. The van der Waals surface area contributed by atoms with Crippen LogP contribution in [-0.4, -0.2) is 0 Å². The van der Waals surface area contributed by atoms with Crippen LogP contribution in [-0.2, 0) is 0 Å². The van der Waals surface area contributed by atoms with Crippen LogP contribution in [0.5, 0.6) is 0 Å². The number of aryl methyl sites for hydroxylation is 2. The first-order valence-electron chi connectivity index (χ1n) is 5.56. The van der Waals surface area contributed by atoms with Crippen molar-refractivity contribution in [3.05, 3.63) is 52.3 Å². The maximum atomic E-state index is 13.3. The van der Waals surface area contributed by atoms with E-state index in [0.29, 0.717) is 22.0 Å². The number of anilines is 3. The smallest absolute Gasteiger partial charge is 0.128 e. The minimum absolute atomic E-state index is 0.306. The average Bonchev–Trinajstić information content (AvgIpc) is 2.31. The van der Waals surface area contributed by atoms with Crippen LogP contribution in [0.15, 0.2) is 30.3 Å². The Labute approximate surface area is 111 Å². The van der Waals surface area contributed by atoms with Crippen LogP contribution in [0.2, 0.25) is 5.02 Å². The van der Waals surface area contributed by atoms with Gasteiger partial charge in [-0.25, -0.2) is 4.39 Å². The lowest BCUT2D eigenvalue weighted by Gasteiger charge is -2.11. The molecular formula is C14H14ClFN2. The van der Waals surface area contributed by atoms with Gasteiger partial charge in [-0.05, 0) is 49.2 Å². The van der Waals surface area contributed by atoms with Crippen LogP contribution in [0.4, 0.5) is 21.5 Å². The van der Waals surface area contributed by atoms with Gasteiger partial charge in [0.15, 0.2) is 0 Å². The van der Waals surface area contributed by atoms with Crippen molar-refractivity contribution in [1.82, 2.24) is 0 Å². The van der Waals surface area contributed by atoms with Crippen LogP contribution in [0.25, 0.3) is 0 Å². The van der Waals surface area contributed by atoms with Gasteiger partial charge >= 0.3 is 0 Å². The van der Waals surface area contributed by atoms with Gasteiger partial charge in [-0.3, -0.25) is 0 Å². The summed E-state index contributed by atoms with van der Waals surface area (Å²) >= 11 is 6.05. The van der Waals surface area contributed by atoms with Gasteiger partial charge in [-0.2, -0.15) is 0 Å².